The second-order valence-electron chi connectivity index (χ2n) is 7.10. The lowest BCUT2D eigenvalue weighted by Gasteiger charge is -2.15. The van der Waals surface area contributed by atoms with E-state index >= 15 is 0 Å². The van der Waals surface area contributed by atoms with Gasteiger partial charge in [0.2, 0.25) is 0 Å². The van der Waals surface area contributed by atoms with Crippen LogP contribution in [0.1, 0.15) is 28.3 Å². The van der Waals surface area contributed by atoms with E-state index in [1.807, 2.05) is 51.4 Å². The van der Waals surface area contributed by atoms with Crippen LogP contribution in [-0.4, -0.2) is 26.8 Å². The van der Waals surface area contributed by atoms with Crippen LogP contribution in [0.25, 0.3) is 11.0 Å². The van der Waals surface area contributed by atoms with Gasteiger partial charge >= 0.3 is 0 Å². The Labute approximate surface area is 168 Å². The summed E-state index contributed by atoms with van der Waals surface area (Å²) < 4.78 is 12.8. The summed E-state index contributed by atoms with van der Waals surface area (Å²) in [5, 5.41) is 7.44. The van der Waals surface area contributed by atoms with E-state index in [4.69, 9.17) is 15.0 Å². The van der Waals surface area contributed by atoms with Crippen molar-refractivity contribution in [3.63, 3.8) is 0 Å². The molecule has 3 N–H and O–H groups in total. The topological polar surface area (TPSA) is 104 Å². The molecule has 8 nitrogen and oxygen atoms in total. The van der Waals surface area contributed by atoms with Crippen LogP contribution in [0.4, 0.5) is 11.5 Å². The zero-order valence-electron chi connectivity index (χ0n) is 17.0. The molecular formula is C21H24N6O2. The van der Waals surface area contributed by atoms with Crippen molar-refractivity contribution in [2.75, 3.05) is 18.2 Å². The number of anilines is 2. The van der Waals surface area contributed by atoms with Crippen molar-refractivity contribution in [1.29, 1.82) is 0 Å². The molecular weight excluding hydrogens is 368 g/mol. The third kappa shape index (κ3) is 3.61. The summed E-state index contributed by atoms with van der Waals surface area (Å²) in [6, 6.07) is 5.69. The Balaban J connectivity index is 1.70. The molecule has 8 heteroatoms. The fourth-order valence-electron chi connectivity index (χ4n) is 3.58. The molecule has 4 aromatic rings. The molecule has 150 valence electrons. The molecule has 0 aliphatic heterocycles. The summed E-state index contributed by atoms with van der Waals surface area (Å²) in [4.78, 5) is 9.09. The summed E-state index contributed by atoms with van der Waals surface area (Å²) >= 11 is 0. The van der Waals surface area contributed by atoms with E-state index in [-0.39, 0.29) is 0 Å². The van der Waals surface area contributed by atoms with E-state index in [0.29, 0.717) is 18.9 Å². The average molecular weight is 392 g/mol. The highest BCUT2D eigenvalue weighted by atomic mass is 16.5. The first-order valence-electron chi connectivity index (χ1n) is 9.36. The number of pyridine rings is 2. The molecule has 0 radical (unpaired) electrons. The summed E-state index contributed by atoms with van der Waals surface area (Å²) in [5.74, 6) is 2.11. The number of ether oxygens (including phenoxy) is 1. The minimum Gasteiger partial charge on any atom is -0.496 e. The Bertz CT molecular complexity index is 1180. The predicted molar refractivity (Wildman–Crippen MR) is 112 cm³/mol. The zero-order valence-corrected chi connectivity index (χ0v) is 17.0. The number of fused-ring (bicyclic) bond motifs is 1. The zero-order chi connectivity index (χ0) is 20.5. The first kappa shape index (κ1) is 18.8. The number of methoxy groups -OCH3 is 1. The molecule has 4 heterocycles. The van der Waals surface area contributed by atoms with Crippen molar-refractivity contribution in [3.8, 4) is 5.75 Å². The van der Waals surface area contributed by atoms with Gasteiger partial charge in [-0.1, -0.05) is 5.16 Å². The van der Waals surface area contributed by atoms with Gasteiger partial charge < -0.3 is 24.9 Å². The van der Waals surface area contributed by atoms with Crippen LogP contribution in [0.5, 0.6) is 5.75 Å². The number of nitrogens with zero attached hydrogens (tertiary/aromatic N) is 4. The Hall–Kier alpha value is -3.55. The van der Waals surface area contributed by atoms with Gasteiger partial charge in [0.25, 0.3) is 0 Å². The summed E-state index contributed by atoms with van der Waals surface area (Å²) in [7, 11) is 1.69. The van der Waals surface area contributed by atoms with Gasteiger partial charge in [0.1, 0.15) is 23.0 Å². The standard InChI is InChI=1S/C21H24N6O2/c1-12-9-23-18(14(3)21(12)28-4)11-27-6-5-16-20(27)17(8-19(22)25-16)24-10-15-7-13(2)29-26-15/h5-9H,10-11H2,1-4H3,(H3,22,24,25). The summed E-state index contributed by atoms with van der Waals surface area (Å²) in [6.07, 6.45) is 3.84. The van der Waals surface area contributed by atoms with Gasteiger partial charge in [-0.05, 0) is 26.8 Å². The molecule has 0 bridgehead atoms. The first-order valence-corrected chi connectivity index (χ1v) is 9.36. The Morgan fingerprint density at radius 1 is 1.24 bits per heavy atom. The van der Waals surface area contributed by atoms with Crippen LogP contribution in [0, 0.1) is 20.8 Å². The molecule has 0 saturated carbocycles. The first-order chi connectivity index (χ1) is 14.0. The molecule has 0 unspecified atom stereocenters. The summed E-state index contributed by atoms with van der Waals surface area (Å²) in [6.45, 7) is 7.01. The quantitative estimate of drug-likeness (QED) is 0.517. The van der Waals surface area contributed by atoms with Crippen LogP contribution in [0.15, 0.2) is 35.1 Å². The third-order valence-corrected chi connectivity index (χ3v) is 4.95. The van der Waals surface area contributed by atoms with Crippen molar-refractivity contribution >= 4 is 22.5 Å². The minimum absolute atomic E-state index is 0.459. The minimum atomic E-state index is 0.459. The highest BCUT2D eigenvalue weighted by Crippen LogP contribution is 2.29. The Morgan fingerprint density at radius 3 is 2.79 bits per heavy atom. The SMILES string of the molecule is COc1c(C)cnc(Cn2ccc3nc(N)cc(NCc4cc(C)on4)c32)c1C. The van der Waals surface area contributed by atoms with Crippen LogP contribution in [0.3, 0.4) is 0 Å². The highest BCUT2D eigenvalue weighted by molar-refractivity contribution is 5.90. The fourth-order valence-corrected chi connectivity index (χ4v) is 3.58. The third-order valence-electron chi connectivity index (χ3n) is 4.95. The molecule has 0 aromatic carbocycles. The van der Waals surface area contributed by atoms with Crippen molar-refractivity contribution in [2.24, 2.45) is 0 Å². The summed E-state index contributed by atoms with van der Waals surface area (Å²) in [5.41, 5.74) is 12.5. The van der Waals surface area contributed by atoms with E-state index in [1.54, 1.807) is 7.11 Å². The van der Waals surface area contributed by atoms with Crippen LogP contribution < -0.4 is 15.8 Å². The Morgan fingerprint density at radius 2 is 2.07 bits per heavy atom. The number of aryl methyl sites for hydroxylation is 2. The van der Waals surface area contributed by atoms with Gasteiger partial charge in [-0.15, -0.1) is 0 Å². The van der Waals surface area contributed by atoms with Crippen LogP contribution in [-0.2, 0) is 13.1 Å². The number of rotatable bonds is 6. The van der Waals surface area contributed by atoms with Gasteiger partial charge in [0, 0.05) is 35.7 Å². The number of nitrogen functional groups attached to an aromatic ring is 1. The number of hydrogen-bond donors (Lipinski definition) is 2. The second-order valence-corrected chi connectivity index (χ2v) is 7.10. The lowest BCUT2D eigenvalue weighted by atomic mass is 10.1. The van der Waals surface area contributed by atoms with Gasteiger partial charge in [0.15, 0.2) is 0 Å². The van der Waals surface area contributed by atoms with Gasteiger partial charge in [-0.3, -0.25) is 4.98 Å². The molecule has 4 rings (SSSR count). The fraction of sp³-hybridized carbons (Fsp3) is 0.286. The average Bonchev–Trinajstić information content (AvgIpc) is 3.28. The molecule has 0 amide bonds. The molecule has 0 saturated heterocycles. The molecule has 0 atom stereocenters. The molecule has 0 fully saturated rings. The van der Waals surface area contributed by atoms with E-state index in [9.17, 15) is 0 Å². The maximum atomic E-state index is 6.01. The van der Waals surface area contributed by atoms with Crippen molar-refractivity contribution in [2.45, 2.75) is 33.9 Å². The monoisotopic (exact) mass is 392 g/mol. The molecule has 29 heavy (non-hydrogen) atoms. The van der Waals surface area contributed by atoms with E-state index in [0.717, 1.165) is 50.7 Å². The number of hydrogen-bond acceptors (Lipinski definition) is 7. The van der Waals surface area contributed by atoms with Crippen molar-refractivity contribution < 1.29 is 9.26 Å². The normalized spacial score (nSPS) is 11.2. The van der Waals surface area contributed by atoms with Gasteiger partial charge in [0.05, 0.1) is 42.6 Å². The smallest absolute Gasteiger partial charge is 0.133 e. The maximum Gasteiger partial charge on any atom is 0.133 e. The predicted octanol–water partition coefficient (Wildman–Crippen LogP) is 3.60. The van der Waals surface area contributed by atoms with E-state index < -0.39 is 0 Å². The van der Waals surface area contributed by atoms with Gasteiger partial charge in [-0.25, -0.2) is 4.98 Å². The largest absolute Gasteiger partial charge is 0.496 e. The molecule has 0 aliphatic rings. The lowest BCUT2D eigenvalue weighted by molar-refractivity contribution is 0.391. The van der Waals surface area contributed by atoms with E-state index in [1.165, 1.54) is 0 Å². The number of aromatic nitrogens is 4. The lowest BCUT2D eigenvalue weighted by Crippen LogP contribution is -2.08. The highest BCUT2D eigenvalue weighted by Gasteiger charge is 2.14. The molecule has 0 spiro atoms. The van der Waals surface area contributed by atoms with Crippen molar-refractivity contribution in [1.82, 2.24) is 19.7 Å². The number of nitrogens with one attached hydrogen (secondary N) is 1. The molecule has 0 aliphatic carbocycles. The van der Waals surface area contributed by atoms with Gasteiger partial charge in [-0.2, -0.15) is 0 Å². The molecule has 4 aromatic heterocycles. The van der Waals surface area contributed by atoms with Crippen molar-refractivity contribution in [3.05, 3.63) is 58.9 Å². The second kappa shape index (κ2) is 7.46. The van der Waals surface area contributed by atoms with Crippen LogP contribution in [0.2, 0.25) is 0 Å². The van der Waals surface area contributed by atoms with E-state index in [2.05, 4.69) is 25.0 Å². The Kier molecular flexibility index (Phi) is 4.84. The number of nitrogens with two attached hydrogens (primary N) is 1. The maximum absolute atomic E-state index is 6.01. The van der Waals surface area contributed by atoms with Crippen LogP contribution >= 0.6 is 0 Å².